The lowest BCUT2D eigenvalue weighted by Gasteiger charge is -2.46. The van der Waals surface area contributed by atoms with Gasteiger partial charge in [0.2, 0.25) is 0 Å². The van der Waals surface area contributed by atoms with E-state index in [-0.39, 0.29) is 30.8 Å². The van der Waals surface area contributed by atoms with Crippen molar-refractivity contribution < 1.29 is 24.2 Å². The van der Waals surface area contributed by atoms with Crippen LogP contribution >= 0.6 is 0 Å². The molecule has 3 rings (SSSR count). The largest absolute Gasteiger partial charge is 0.465 e. The molecule has 1 heterocycles. The monoisotopic (exact) mass is 443 g/mol. The molecule has 7 heteroatoms. The molecule has 1 aliphatic rings. The standard InChI is InChI=1S/C24H33NO5Si/c1-18-22(30-19(16-26)15-25(18)23(27)28)17-29-31(24(2,3)4,20-11-7-5-8-12-20)21-13-9-6-10-14-21/h5-14,18-19,22,26H,15-17H2,1-4H3,(H,27,28)/t18-,19+,22-/m1/s1. The maximum Gasteiger partial charge on any atom is 0.407 e. The van der Waals surface area contributed by atoms with Crippen molar-refractivity contribution in [2.45, 2.75) is 51.0 Å². The van der Waals surface area contributed by atoms with Crippen LogP contribution in [0.15, 0.2) is 60.7 Å². The summed E-state index contributed by atoms with van der Waals surface area (Å²) in [4.78, 5) is 13.1. The van der Waals surface area contributed by atoms with Crippen LogP contribution in [0.1, 0.15) is 27.7 Å². The molecule has 0 radical (unpaired) electrons. The first kappa shape index (κ1) is 23.5. The van der Waals surface area contributed by atoms with E-state index in [4.69, 9.17) is 9.16 Å². The number of carbonyl (C=O) groups is 1. The maximum absolute atomic E-state index is 11.7. The average molecular weight is 444 g/mol. The average Bonchev–Trinajstić information content (AvgIpc) is 2.75. The van der Waals surface area contributed by atoms with Crippen LogP contribution in [0, 0.1) is 0 Å². The first-order chi connectivity index (χ1) is 14.7. The zero-order chi connectivity index (χ0) is 22.6. The lowest BCUT2D eigenvalue weighted by Crippen LogP contribution is -2.68. The molecular formula is C24H33NO5Si. The van der Waals surface area contributed by atoms with Gasteiger partial charge in [-0.15, -0.1) is 0 Å². The van der Waals surface area contributed by atoms with Gasteiger partial charge in [-0.05, 0) is 22.3 Å². The molecule has 3 atom stereocenters. The quantitative estimate of drug-likeness (QED) is 0.671. The summed E-state index contributed by atoms with van der Waals surface area (Å²) < 4.78 is 13.0. The minimum atomic E-state index is -2.75. The normalized spacial score (nSPS) is 22.4. The third kappa shape index (κ3) is 4.69. The number of morpholine rings is 1. The third-order valence-electron chi connectivity index (χ3n) is 6.13. The van der Waals surface area contributed by atoms with E-state index >= 15 is 0 Å². The van der Waals surface area contributed by atoms with E-state index in [1.807, 2.05) is 43.3 Å². The van der Waals surface area contributed by atoms with Crippen LogP contribution in [0.4, 0.5) is 4.79 Å². The van der Waals surface area contributed by atoms with Crippen molar-refractivity contribution in [3.05, 3.63) is 60.7 Å². The van der Waals surface area contributed by atoms with E-state index in [9.17, 15) is 15.0 Å². The Bertz CT molecular complexity index is 816. The number of nitrogens with zero attached hydrogens (tertiary/aromatic N) is 1. The van der Waals surface area contributed by atoms with Crippen molar-refractivity contribution in [2.75, 3.05) is 19.8 Å². The minimum Gasteiger partial charge on any atom is -0.465 e. The Hall–Kier alpha value is -2.19. The summed E-state index contributed by atoms with van der Waals surface area (Å²) in [7, 11) is -2.75. The number of rotatable bonds is 6. The molecule has 2 aromatic rings. The van der Waals surface area contributed by atoms with Gasteiger partial charge in [-0.25, -0.2) is 4.79 Å². The number of aliphatic hydroxyl groups excluding tert-OH is 1. The molecule has 168 valence electrons. The minimum absolute atomic E-state index is 0.155. The van der Waals surface area contributed by atoms with Gasteiger partial charge in [0.15, 0.2) is 0 Å². The van der Waals surface area contributed by atoms with Crippen molar-refractivity contribution in [1.29, 1.82) is 0 Å². The summed E-state index contributed by atoms with van der Waals surface area (Å²) in [5.74, 6) is 0. The zero-order valence-corrected chi connectivity index (χ0v) is 19.7. The number of benzene rings is 2. The third-order valence-corrected chi connectivity index (χ3v) is 11.1. The van der Waals surface area contributed by atoms with Gasteiger partial charge in [-0.3, -0.25) is 0 Å². The molecule has 1 fully saturated rings. The van der Waals surface area contributed by atoms with E-state index < -0.39 is 26.6 Å². The summed E-state index contributed by atoms with van der Waals surface area (Å²) >= 11 is 0. The van der Waals surface area contributed by atoms with Gasteiger partial charge in [-0.1, -0.05) is 81.4 Å². The Labute approximate surface area is 185 Å². The second kappa shape index (κ2) is 9.52. The number of ether oxygens (including phenoxy) is 1. The molecule has 0 unspecified atom stereocenters. The molecule has 0 aliphatic carbocycles. The smallest absolute Gasteiger partial charge is 0.407 e. The second-order valence-corrected chi connectivity index (χ2v) is 13.4. The van der Waals surface area contributed by atoms with E-state index in [0.29, 0.717) is 0 Å². The summed E-state index contributed by atoms with van der Waals surface area (Å²) in [6.07, 6.45) is -2.03. The Kier molecular flexibility index (Phi) is 7.21. The maximum atomic E-state index is 11.7. The van der Waals surface area contributed by atoms with Crippen molar-refractivity contribution in [3.8, 4) is 0 Å². The highest BCUT2D eigenvalue weighted by molar-refractivity contribution is 6.99. The van der Waals surface area contributed by atoms with Crippen molar-refractivity contribution in [3.63, 3.8) is 0 Å². The fourth-order valence-electron chi connectivity index (χ4n) is 4.49. The van der Waals surface area contributed by atoms with Gasteiger partial charge < -0.3 is 24.3 Å². The predicted octanol–water partition coefficient (Wildman–Crippen LogP) is 2.69. The van der Waals surface area contributed by atoms with Crippen LogP contribution in [-0.2, 0) is 9.16 Å². The number of aliphatic hydroxyl groups is 1. The SMILES string of the molecule is C[C@@H]1[C@@H](CO[Si](c2ccccc2)(c2ccccc2)C(C)(C)C)O[C@H](CO)CN1C(=O)O. The number of carboxylic acid groups (broad SMARTS) is 1. The van der Waals surface area contributed by atoms with Gasteiger partial charge >= 0.3 is 6.09 Å². The van der Waals surface area contributed by atoms with Gasteiger partial charge in [0, 0.05) is 0 Å². The highest BCUT2D eigenvalue weighted by Gasteiger charge is 2.51. The fourth-order valence-corrected chi connectivity index (χ4v) is 9.06. The van der Waals surface area contributed by atoms with E-state index in [0.717, 1.165) is 10.4 Å². The highest BCUT2D eigenvalue weighted by atomic mass is 28.4. The van der Waals surface area contributed by atoms with Crippen LogP contribution in [0.2, 0.25) is 5.04 Å². The summed E-state index contributed by atoms with van der Waals surface area (Å²) in [5, 5.41) is 21.4. The molecule has 0 aromatic heterocycles. The van der Waals surface area contributed by atoms with Gasteiger partial charge in [-0.2, -0.15) is 0 Å². The molecule has 31 heavy (non-hydrogen) atoms. The lowest BCUT2D eigenvalue weighted by molar-refractivity contribution is -0.132. The first-order valence-electron chi connectivity index (χ1n) is 10.7. The zero-order valence-electron chi connectivity index (χ0n) is 18.7. The molecule has 0 spiro atoms. The number of amides is 1. The van der Waals surface area contributed by atoms with Gasteiger partial charge in [0.1, 0.15) is 6.10 Å². The van der Waals surface area contributed by atoms with Gasteiger partial charge in [0.05, 0.1) is 31.9 Å². The van der Waals surface area contributed by atoms with Crippen LogP contribution in [0.25, 0.3) is 0 Å². The Morgan fingerprint density at radius 3 is 2.03 bits per heavy atom. The summed E-state index contributed by atoms with van der Waals surface area (Å²) in [6, 6.07) is 20.2. The van der Waals surface area contributed by atoms with Crippen molar-refractivity contribution >= 4 is 24.8 Å². The molecular weight excluding hydrogens is 410 g/mol. The summed E-state index contributed by atoms with van der Waals surface area (Å²) in [5.41, 5.74) is 0. The Morgan fingerprint density at radius 1 is 1.10 bits per heavy atom. The van der Waals surface area contributed by atoms with Crippen LogP contribution in [-0.4, -0.2) is 67.5 Å². The topological polar surface area (TPSA) is 79.2 Å². The lowest BCUT2D eigenvalue weighted by atomic mass is 10.1. The molecule has 2 aromatic carbocycles. The molecule has 1 saturated heterocycles. The molecule has 1 aliphatic heterocycles. The molecule has 1 amide bonds. The Balaban J connectivity index is 2.00. The Morgan fingerprint density at radius 2 is 1.61 bits per heavy atom. The van der Waals surface area contributed by atoms with Crippen LogP contribution in [0.5, 0.6) is 0 Å². The van der Waals surface area contributed by atoms with E-state index in [1.165, 1.54) is 4.90 Å². The molecule has 0 bridgehead atoms. The molecule has 6 nitrogen and oxygen atoms in total. The fraction of sp³-hybridized carbons (Fsp3) is 0.458. The predicted molar refractivity (Wildman–Crippen MR) is 124 cm³/mol. The molecule has 2 N–H and O–H groups in total. The first-order valence-corrected chi connectivity index (χ1v) is 12.6. The van der Waals surface area contributed by atoms with Crippen molar-refractivity contribution in [2.24, 2.45) is 0 Å². The van der Waals surface area contributed by atoms with E-state index in [1.54, 1.807) is 0 Å². The van der Waals surface area contributed by atoms with E-state index in [2.05, 4.69) is 45.0 Å². The summed E-state index contributed by atoms with van der Waals surface area (Å²) in [6.45, 7) is 8.60. The van der Waals surface area contributed by atoms with Crippen molar-refractivity contribution in [1.82, 2.24) is 4.90 Å². The van der Waals surface area contributed by atoms with Crippen LogP contribution < -0.4 is 10.4 Å². The number of hydrogen-bond acceptors (Lipinski definition) is 4. The second-order valence-electron chi connectivity index (χ2n) is 9.13. The van der Waals surface area contributed by atoms with Crippen LogP contribution in [0.3, 0.4) is 0 Å². The van der Waals surface area contributed by atoms with Gasteiger partial charge in [0.25, 0.3) is 8.32 Å². The highest BCUT2D eigenvalue weighted by Crippen LogP contribution is 2.37. The molecule has 0 saturated carbocycles. The number of hydrogen-bond donors (Lipinski definition) is 2.